The van der Waals surface area contributed by atoms with E-state index in [1.165, 1.54) is 0 Å². The van der Waals surface area contributed by atoms with E-state index in [0.29, 0.717) is 0 Å². The lowest BCUT2D eigenvalue weighted by atomic mass is 10.3. The summed E-state index contributed by atoms with van der Waals surface area (Å²) in [6, 6.07) is 6.86. The third-order valence-corrected chi connectivity index (χ3v) is 7.59. The Hall–Kier alpha value is -2.47. The molecule has 3 rings (SSSR count). The van der Waals surface area contributed by atoms with E-state index in [1.54, 1.807) is 0 Å². The number of aromatic amines is 1. The Balaban J connectivity index is 2.13. The summed E-state index contributed by atoms with van der Waals surface area (Å²) in [7, 11) is -7.70. The van der Waals surface area contributed by atoms with E-state index in [2.05, 4.69) is 5.10 Å². The molecule has 0 spiro atoms. The zero-order chi connectivity index (χ0) is 21.6. The fourth-order valence-corrected chi connectivity index (χ4v) is 5.52. The van der Waals surface area contributed by atoms with Gasteiger partial charge in [-0.3, -0.25) is 9.78 Å². The van der Waals surface area contributed by atoms with E-state index in [0.717, 1.165) is 53.5 Å². The number of H-pyrrole nitrogens is 1. The zero-order valence-electron chi connectivity index (χ0n) is 14.5. The maximum atomic E-state index is 12.9. The summed E-state index contributed by atoms with van der Waals surface area (Å²) in [4.78, 5) is 24.3. The van der Waals surface area contributed by atoms with Gasteiger partial charge in [0.1, 0.15) is 11.1 Å². The molecule has 0 saturated carbocycles. The molecule has 9 nitrogen and oxygen atoms in total. The van der Waals surface area contributed by atoms with Crippen molar-refractivity contribution in [3.8, 4) is 5.69 Å². The molecule has 1 heterocycles. The monoisotopic (exact) mass is 475 g/mol. The summed E-state index contributed by atoms with van der Waals surface area (Å²) in [6.07, 6.45) is 1.85. The molecule has 1 aromatic heterocycles. The standard InChI is InChI=1S/C16H11Cl2N3O6S2/c1-28(24,25)10-2-4-11(5-3-10)29(26,27)15-12(17)6-9(7-13(15)18)21-16(23)20-14(22)8-19-21/h2-8H,1H3,(H,20,22,23). The van der Waals surface area contributed by atoms with Gasteiger partial charge in [-0.15, -0.1) is 0 Å². The van der Waals surface area contributed by atoms with Crippen LogP contribution < -0.4 is 11.2 Å². The lowest BCUT2D eigenvalue weighted by molar-refractivity contribution is 0.594. The lowest BCUT2D eigenvalue weighted by Gasteiger charge is -2.12. The van der Waals surface area contributed by atoms with Crippen molar-refractivity contribution in [2.24, 2.45) is 0 Å². The maximum absolute atomic E-state index is 12.9. The Bertz CT molecular complexity index is 1420. The normalized spacial score (nSPS) is 12.1. The van der Waals surface area contributed by atoms with Crippen LogP contribution in [0.5, 0.6) is 0 Å². The van der Waals surface area contributed by atoms with Gasteiger partial charge in [0.25, 0.3) is 5.56 Å². The van der Waals surface area contributed by atoms with E-state index in [4.69, 9.17) is 23.2 Å². The second-order valence-electron chi connectivity index (χ2n) is 5.84. The third-order valence-electron chi connectivity index (χ3n) is 3.77. The quantitative estimate of drug-likeness (QED) is 0.602. The number of nitrogens with one attached hydrogen (secondary N) is 1. The van der Waals surface area contributed by atoms with Gasteiger partial charge in [0, 0.05) is 6.26 Å². The fourth-order valence-electron chi connectivity index (χ4n) is 2.45. The molecular formula is C16H11Cl2N3O6S2. The smallest absolute Gasteiger partial charge is 0.271 e. The van der Waals surface area contributed by atoms with Crippen LogP contribution in [-0.2, 0) is 19.7 Å². The summed E-state index contributed by atoms with van der Waals surface area (Å²) in [5.41, 5.74) is -1.54. The highest BCUT2D eigenvalue weighted by atomic mass is 35.5. The minimum atomic E-state index is -4.20. The lowest BCUT2D eigenvalue weighted by Crippen LogP contribution is -2.30. The van der Waals surface area contributed by atoms with Gasteiger partial charge >= 0.3 is 5.69 Å². The van der Waals surface area contributed by atoms with Gasteiger partial charge in [-0.05, 0) is 36.4 Å². The van der Waals surface area contributed by atoms with Gasteiger partial charge in [-0.25, -0.2) is 21.6 Å². The molecule has 0 saturated heterocycles. The number of aromatic nitrogens is 3. The summed E-state index contributed by atoms with van der Waals surface area (Å²) in [5, 5.41) is 3.07. The number of nitrogens with zero attached hydrogens (tertiary/aromatic N) is 2. The van der Waals surface area contributed by atoms with Crippen molar-refractivity contribution in [3.63, 3.8) is 0 Å². The first-order valence-corrected chi connectivity index (χ1v) is 11.8. The molecule has 0 radical (unpaired) electrons. The topological polar surface area (TPSA) is 136 Å². The van der Waals surface area contributed by atoms with E-state index in [1.807, 2.05) is 4.98 Å². The molecule has 0 fully saturated rings. The Morgan fingerprint density at radius 1 is 0.931 bits per heavy atom. The van der Waals surface area contributed by atoms with Crippen LogP contribution in [0, 0.1) is 0 Å². The fraction of sp³-hybridized carbons (Fsp3) is 0.0625. The summed E-state index contributed by atoms with van der Waals surface area (Å²) >= 11 is 12.3. The Labute approximate surface area is 174 Å². The van der Waals surface area contributed by atoms with E-state index in [-0.39, 0.29) is 25.5 Å². The van der Waals surface area contributed by atoms with Gasteiger partial charge in [0.15, 0.2) is 9.84 Å². The van der Waals surface area contributed by atoms with Gasteiger partial charge in [0.2, 0.25) is 9.84 Å². The van der Waals surface area contributed by atoms with Crippen molar-refractivity contribution in [1.82, 2.24) is 14.8 Å². The zero-order valence-corrected chi connectivity index (χ0v) is 17.6. The first-order chi connectivity index (χ1) is 13.4. The molecule has 13 heteroatoms. The van der Waals surface area contributed by atoms with Crippen LogP contribution in [-0.4, -0.2) is 37.9 Å². The van der Waals surface area contributed by atoms with Crippen molar-refractivity contribution < 1.29 is 16.8 Å². The number of benzene rings is 2. The molecule has 2 aromatic carbocycles. The van der Waals surface area contributed by atoms with E-state index in [9.17, 15) is 26.4 Å². The van der Waals surface area contributed by atoms with E-state index >= 15 is 0 Å². The van der Waals surface area contributed by atoms with Crippen LogP contribution in [0.4, 0.5) is 0 Å². The summed E-state index contributed by atoms with van der Waals surface area (Å²) in [6.45, 7) is 0. The minimum absolute atomic E-state index is 0.0348. The second-order valence-corrected chi connectivity index (χ2v) is 10.6. The van der Waals surface area contributed by atoms with Crippen molar-refractivity contribution >= 4 is 42.9 Å². The van der Waals surface area contributed by atoms with E-state index < -0.39 is 35.8 Å². The largest absolute Gasteiger partial charge is 0.349 e. The first kappa shape index (κ1) is 21.2. The van der Waals surface area contributed by atoms with Crippen molar-refractivity contribution in [2.45, 2.75) is 14.7 Å². The molecular weight excluding hydrogens is 465 g/mol. The highest BCUT2D eigenvalue weighted by molar-refractivity contribution is 7.92. The van der Waals surface area contributed by atoms with Gasteiger partial charge < -0.3 is 0 Å². The first-order valence-electron chi connectivity index (χ1n) is 7.64. The molecule has 0 aliphatic heterocycles. The molecule has 0 aliphatic rings. The molecule has 1 N–H and O–H groups in total. The van der Waals surface area contributed by atoms with Gasteiger partial charge in [0.05, 0.1) is 25.5 Å². The summed E-state index contributed by atoms with van der Waals surface area (Å²) < 4.78 is 49.8. The highest BCUT2D eigenvalue weighted by Crippen LogP contribution is 2.35. The Morgan fingerprint density at radius 3 is 1.93 bits per heavy atom. The Morgan fingerprint density at radius 2 is 1.45 bits per heavy atom. The number of rotatable bonds is 4. The predicted molar refractivity (Wildman–Crippen MR) is 105 cm³/mol. The van der Waals surface area contributed by atoms with Crippen LogP contribution in [0.25, 0.3) is 5.69 Å². The molecule has 0 unspecified atom stereocenters. The van der Waals surface area contributed by atoms with Crippen LogP contribution in [0.3, 0.4) is 0 Å². The summed E-state index contributed by atoms with van der Waals surface area (Å²) in [5.74, 6) is 0. The Kier molecular flexibility index (Phi) is 5.43. The highest BCUT2D eigenvalue weighted by Gasteiger charge is 2.26. The molecule has 0 atom stereocenters. The van der Waals surface area contributed by atoms with Gasteiger partial charge in [-0.2, -0.15) is 9.78 Å². The van der Waals surface area contributed by atoms with Crippen molar-refractivity contribution in [2.75, 3.05) is 6.26 Å². The molecule has 3 aromatic rings. The van der Waals surface area contributed by atoms with Crippen molar-refractivity contribution in [1.29, 1.82) is 0 Å². The average molecular weight is 476 g/mol. The SMILES string of the molecule is CS(=O)(=O)c1ccc(S(=O)(=O)c2c(Cl)cc(-n3ncc(=O)[nH]c3=O)cc2Cl)cc1. The van der Waals surface area contributed by atoms with Crippen LogP contribution in [0.15, 0.2) is 66.9 Å². The molecule has 0 aliphatic carbocycles. The molecule has 0 bridgehead atoms. The number of sulfone groups is 2. The second kappa shape index (κ2) is 7.41. The molecule has 29 heavy (non-hydrogen) atoms. The third kappa shape index (κ3) is 4.13. The predicted octanol–water partition coefficient (Wildman–Crippen LogP) is 1.46. The van der Waals surface area contributed by atoms with Crippen LogP contribution in [0.2, 0.25) is 10.0 Å². The molecule has 0 amide bonds. The number of hydrogen-bond acceptors (Lipinski definition) is 7. The van der Waals surface area contributed by atoms with Crippen LogP contribution in [0.1, 0.15) is 0 Å². The number of halogens is 2. The van der Waals surface area contributed by atoms with Crippen LogP contribution >= 0.6 is 23.2 Å². The average Bonchev–Trinajstić information content (AvgIpc) is 2.60. The van der Waals surface area contributed by atoms with Crippen molar-refractivity contribution in [3.05, 3.63) is 73.5 Å². The molecule has 152 valence electrons. The maximum Gasteiger partial charge on any atom is 0.349 e. The number of hydrogen-bond donors (Lipinski definition) is 1. The van der Waals surface area contributed by atoms with Gasteiger partial charge in [-0.1, -0.05) is 23.2 Å². The minimum Gasteiger partial charge on any atom is -0.271 e.